The zero-order valence-corrected chi connectivity index (χ0v) is 11.3. The summed E-state index contributed by atoms with van der Waals surface area (Å²) in [5.41, 5.74) is 6.49. The van der Waals surface area contributed by atoms with Crippen LogP contribution in [-0.2, 0) is 4.74 Å². The SMILES string of the molecule is CCC(CC)(CC)NCC1(C)COCC1N. The second kappa shape index (κ2) is 5.48. The normalized spacial score (nSPS) is 30.9. The Kier molecular flexibility index (Phi) is 4.77. The number of nitrogens with one attached hydrogen (secondary N) is 1. The molecule has 2 atom stereocenters. The van der Waals surface area contributed by atoms with Crippen molar-refractivity contribution in [2.24, 2.45) is 11.1 Å². The first kappa shape index (κ1) is 13.9. The van der Waals surface area contributed by atoms with Crippen LogP contribution in [0.2, 0.25) is 0 Å². The van der Waals surface area contributed by atoms with Crippen molar-refractivity contribution >= 4 is 0 Å². The van der Waals surface area contributed by atoms with Crippen LogP contribution in [-0.4, -0.2) is 31.3 Å². The summed E-state index contributed by atoms with van der Waals surface area (Å²) in [4.78, 5) is 0. The largest absolute Gasteiger partial charge is 0.379 e. The van der Waals surface area contributed by atoms with Crippen LogP contribution in [0.15, 0.2) is 0 Å². The van der Waals surface area contributed by atoms with Gasteiger partial charge in [0.05, 0.1) is 13.2 Å². The van der Waals surface area contributed by atoms with E-state index in [0.29, 0.717) is 6.61 Å². The monoisotopic (exact) mass is 228 g/mol. The first-order chi connectivity index (χ1) is 7.52. The third kappa shape index (κ3) is 2.76. The maximum Gasteiger partial charge on any atom is 0.0624 e. The van der Waals surface area contributed by atoms with Gasteiger partial charge in [0.15, 0.2) is 0 Å². The Bertz CT molecular complexity index is 206. The predicted molar refractivity (Wildman–Crippen MR) is 68.5 cm³/mol. The lowest BCUT2D eigenvalue weighted by Gasteiger charge is -2.37. The Labute approximate surface area is 100 Å². The van der Waals surface area contributed by atoms with Crippen LogP contribution in [0.5, 0.6) is 0 Å². The quantitative estimate of drug-likeness (QED) is 0.730. The van der Waals surface area contributed by atoms with E-state index in [1.165, 1.54) is 19.3 Å². The van der Waals surface area contributed by atoms with Crippen molar-refractivity contribution in [2.75, 3.05) is 19.8 Å². The molecule has 0 aromatic heterocycles. The van der Waals surface area contributed by atoms with E-state index < -0.39 is 0 Å². The van der Waals surface area contributed by atoms with Gasteiger partial charge >= 0.3 is 0 Å². The van der Waals surface area contributed by atoms with Gasteiger partial charge in [-0.3, -0.25) is 0 Å². The van der Waals surface area contributed by atoms with Crippen molar-refractivity contribution in [1.29, 1.82) is 0 Å². The van der Waals surface area contributed by atoms with Gasteiger partial charge in [0.2, 0.25) is 0 Å². The molecule has 1 saturated heterocycles. The van der Waals surface area contributed by atoms with Crippen LogP contribution >= 0.6 is 0 Å². The summed E-state index contributed by atoms with van der Waals surface area (Å²) >= 11 is 0. The summed E-state index contributed by atoms with van der Waals surface area (Å²) in [6.07, 6.45) is 3.52. The second-order valence-electron chi connectivity index (χ2n) is 5.47. The predicted octanol–water partition coefficient (Wildman–Crippen LogP) is 1.91. The Morgan fingerprint density at radius 3 is 2.25 bits per heavy atom. The van der Waals surface area contributed by atoms with Gasteiger partial charge in [-0.25, -0.2) is 0 Å². The zero-order chi connectivity index (χ0) is 12.2. The van der Waals surface area contributed by atoms with Gasteiger partial charge in [-0.15, -0.1) is 0 Å². The van der Waals surface area contributed by atoms with Crippen LogP contribution in [0.1, 0.15) is 47.0 Å². The van der Waals surface area contributed by atoms with Crippen molar-refractivity contribution in [3.63, 3.8) is 0 Å². The fourth-order valence-electron chi connectivity index (χ4n) is 2.42. The Morgan fingerprint density at radius 2 is 1.88 bits per heavy atom. The van der Waals surface area contributed by atoms with Gasteiger partial charge in [0.1, 0.15) is 0 Å². The molecule has 0 aromatic rings. The highest BCUT2D eigenvalue weighted by molar-refractivity contribution is 4.95. The van der Waals surface area contributed by atoms with E-state index in [0.717, 1.165) is 13.2 Å². The Hall–Kier alpha value is -0.120. The molecule has 2 unspecified atom stereocenters. The summed E-state index contributed by atoms with van der Waals surface area (Å²) in [5.74, 6) is 0. The summed E-state index contributed by atoms with van der Waals surface area (Å²) in [7, 11) is 0. The van der Waals surface area contributed by atoms with Gasteiger partial charge in [-0.2, -0.15) is 0 Å². The minimum Gasteiger partial charge on any atom is -0.379 e. The molecule has 0 spiro atoms. The van der Waals surface area contributed by atoms with Gasteiger partial charge in [0, 0.05) is 23.5 Å². The van der Waals surface area contributed by atoms with Crippen LogP contribution < -0.4 is 11.1 Å². The lowest BCUT2D eigenvalue weighted by Crippen LogP contribution is -2.52. The summed E-state index contributed by atoms with van der Waals surface area (Å²) in [5, 5.41) is 3.74. The van der Waals surface area contributed by atoms with Crippen molar-refractivity contribution in [2.45, 2.75) is 58.5 Å². The first-order valence-corrected chi connectivity index (χ1v) is 6.60. The van der Waals surface area contributed by atoms with Crippen LogP contribution in [0, 0.1) is 5.41 Å². The summed E-state index contributed by atoms with van der Waals surface area (Å²) in [6.45, 7) is 11.4. The summed E-state index contributed by atoms with van der Waals surface area (Å²) < 4.78 is 5.47. The molecule has 0 bridgehead atoms. The molecule has 1 rings (SSSR count). The average Bonchev–Trinajstić information content (AvgIpc) is 2.63. The van der Waals surface area contributed by atoms with E-state index in [-0.39, 0.29) is 17.0 Å². The number of ether oxygens (including phenoxy) is 1. The molecule has 3 heteroatoms. The molecule has 1 fully saturated rings. The van der Waals surface area contributed by atoms with Gasteiger partial charge in [-0.1, -0.05) is 27.7 Å². The maximum atomic E-state index is 6.10. The van der Waals surface area contributed by atoms with E-state index in [4.69, 9.17) is 10.5 Å². The fraction of sp³-hybridized carbons (Fsp3) is 1.00. The molecule has 0 radical (unpaired) electrons. The van der Waals surface area contributed by atoms with Crippen LogP contribution in [0.3, 0.4) is 0 Å². The number of rotatable bonds is 6. The van der Waals surface area contributed by atoms with Crippen molar-refractivity contribution in [3.05, 3.63) is 0 Å². The number of hydrogen-bond donors (Lipinski definition) is 2. The molecular weight excluding hydrogens is 200 g/mol. The maximum absolute atomic E-state index is 6.10. The Morgan fingerprint density at radius 1 is 1.31 bits per heavy atom. The second-order valence-corrected chi connectivity index (χ2v) is 5.47. The van der Waals surface area contributed by atoms with Crippen molar-refractivity contribution in [1.82, 2.24) is 5.32 Å². The van der Waals surface area contributed by atoms with Gasteiger partial charge in [-0.05, 0) is 19.3 Å². The number of nitrogens with two attached hydrogens (primary N) is 1. The zero-order valence-electron chi connectivity index (χ0n) is 11.3. The molecule has 0 amide bonds. The third-order valence-electron chi connectivity index (χ3n) is 4.52. The topological polar surface area (TPSA) is 47.3 Å². The molecule has 1 aliphatic rings. The lowest BCUT2D eigenvalue weighted by atomic mass is 9.83. The molecule has 3 N–H and O–H groups in total. The highest BCUT2D eigenvalue weighted by Crippen LogP contribution is 2.28. The van der Waals surface area contributed by atoms with Crippen molar-refractivity contribution < 1.29 is 4.74 Å². The minimum absolute atomic E-state index is 0.102. The van der Waals surface area contributed by atoms with Crippen LogP contribution in [0.25, 0.3) is 0 Å². The van der Waals surface area contributed by atoms with Gasteiger partial charge in [0.25, 0.3) is 0 Å². The Balaban J connectivity index is 2.55. The molecule has 3 nitrogen and oxygen atoms in total. The van der Waals surface area contributed by atoms with E-state index in [1.54, 1.807) is 0 Å². The van der Waals surface area contributed by atoms with Crippen LogP contribution in [0.4, 0.5) is 0 Å². The van der Waals surface area contributed by atoms with E-state index >= 15 is 0 Å². The van der Waals surface area contributed by atoms with Crippen molar-refractivity contribution in [3.8, 4) is 0 Å². The fourth-order valence-corrected chi connectivity index (χ4v) is 2.42. The van der Waals surface area contributed by atoms with Gasteiger partial charge < -0.3 is 15.8 Å². The first-order valence-electron chi connectivity index (χ1n) is 6.60. The molecular formula is C13H28N2O. The highest BCUT2D eigenvalue weighted by Gasteiger charge is 2.39. The highest BCUT2D eigenvalue weighted by atomic mass is 16.5. The number of hydrogen-bond acceptors (Lipinski definition) is 3. The molecule has 0 aromatic carbocycles. The summed E-state index contributed by atoms with van der Waals surface area (Å²) in [6, 6.07) is 0.170. The molecule has 96 valence electrons. The van der Waals surface area contributed by atoms with E-state index in [2.05, 4.69) is 33.0 Å². The third-order valence-corrected chi connectivity index (χ3v) is 4.52. The smallest absolute Gasteiger partial charge is 0.0624 e. The molecule has 1 aliphatic heterocycles. The average molecular weight is 228 g/mol. The molecule has 0 aliphatic carbocycles. The van der Waals surface area contributed by atoms with E-state index in [1.807, 2.05) is 0 Å². The molecule has 0 saturated carbocycles. The molecule has 1 heterocycles. The standard InChI is InChI=1S/C13H28N2O/c1-5-13(6-2,7-3)15-9-12(4)10-16-8-11(12)14/h11,15H,5-10,14H2,1-4H3. The van der Waals surface area contributed by atoms with E-state index in [9.17, 15) is 0 Å². The minimum atomic E-state index is 0.102. The molecule has 16 heavy (non-hydrogen) atoms. The lowest BCUT2D eigenvalue weighted by molar-refractivity contribution is 0.146.